The Balaban J connectivity index is 1.55. The lowest BCUT2D eigenvalue weighted by Crippen LogP contribution is -2.29. The maximum Gasteiger partial charge on any atom is 0.266 e. The summed E-state index contributed by atoms with van der Waals surface area (Å²) in [6, 6.07) is 13.6. The maximum atomic E-state index is 12.8. The maximum absolute atomic E-state index is 12.8. The molecular formula is C23H23Cl2N3OS. The van der Waals surface area contributed by atoms with E-state index in [0.717, 1.165) is 24.3 Å². The van der Waals surface area contributed by atoms with Gasteiger partial charge in [-0.1, -0.05) is 29.3 Å². The van der Waals surface area contributed by atoms with Crippen LogP contribution in [-0.4, -0.2) is 35.6 Å². The molecule has 2 aromatic rings. The molecule has 0 saturated carbocycles. The molecule has 2 aromatic carbocycles. The molecule has 2 fully saturated rings. The fraction of sp³-hybridized carbons (Fsp3) is 0.304. The molecule has 4 rings (SSSR count). The monoisotopic (exact) mass is 459 g/mol. The molecule has 1 amide bonds. The minimum absolute atomic E-state index is 0.0442. The van der Waals surface area contributed by atoms with Crippen molar-refractivity contribution in [3.05, 3.63) is 63.0 Å². The molecule has 2 heterocycles. The number of halogens is 2. The molecule has 2 aliphatic rings. The van der Waals surface area contributed by atoms with Gasteiger partial charge in [0.2, 0.25) is 0 Å². The molecular weight excluding hydrogens is 437 g/mol. The molecule has 0 aliphatic carbocycles. The summed E-state index contributed by atoms with van der Waals surface area (Å²) in [6.45, 7) is 4.75. The summed E-state index contributed by atoms with van der Waals surface area (Å²) in [7, 11) is 0. The lowest BCUT2D eigenvalue weighted by Gasteiger charge is -2.28. The molecule has 0 unspecified atom stereocenters. The third kappa shape index (κ3) is 4.69. The van der Waals surface area contributed by atoms with E-state index in [4.69, 9.17) is 28.2 Å². The van der Waals surface area contributed by atoms with Crippen LogP contribution in [0, 0.1) is 0 Å². The van der Waals surface area contributed by atoms with Crippen LogP contribution in [0.3, 0.4) is 0 Å². The highest BCUT2D eigenvalue weighted by Crippen LogP contribution is 2.35. The SMILES string of the molecule is CCN1C(=O)/C(=C/c2ccc(Cl)c(Cl)c2)SC1=Nc1ccc(N2CCCCC2)cc1. The van der Waals surface area contributed by atoms with Crippen molar-refractivity contribution in [2.75, 3.05) is 24.5 Å². The minimum atomic E-state index is -0.0442. The second kappa shape index (κ2) is 9.46. The number of hydrogen-bond donors (Lipinski definition) is 0. The fourth-order valence-electron chi connectivity index (χ4n) is 3.62. The minimum Gasteiger partial charge on any atom is -0.372 e. The summed E-state index contributed by atoms with van der Waals surface area (Å²) in [6.07, 6.45) is 5.66. The Labute approximate surface area is 191 Å². The van der Waals surface area contributed by atoms with Crippen LogP contribution < -0.4 is 4.90 Å². The van der Waals surface area contributed by atoms with Crippen LogP contribution in [-0.2, 0) is 4.79 Å². The van der Waals surface area contributed by atoms with Crippen molar-refractivity contribution in [3.8, 4) is 0 Å². The number of piperidine rings is 1. The van der Waals surface area contributed by atoms with E-state index in [1.54, 1.807) is 17.0 Å². The first-order valence-corrected chi connectivity index (χ1v) is 11.7. The summed E-state index contributed by atoms with van der Waals surface area (Å²) in [4.78, 5) is 22.3. The van der Waals surface area contributed by atoms with Crippen molar-refractivity contribution in [2.45, 2.75) is 26.2 Å². The number of hydrogen-bond acceptors (Lipinski definition) is 4. The predicted octanol–water partition coefficient (Wildman–Crippen LogP) is 6.61. The summed E-state index contributed by atoms with van der Waals surface area (Å²) >= 11 is 13.5. The summed E-state index contributed by atoms with van der Waals surface area (Å²) in [5.74, 6) is -0.0442. The van der Waals surface area contributed by atoms with Gasteiger partial charge < -0.3 is 4.90 Å². The second-order valence-corrected chi connectivity index (χ2v) is 9.12. The van der Waals surface area contributed by atoms with Crippen molar-refractivity contribution in [2.24, 2.45) is 4.99 Å². The zero-order chi connectivity index (χ0) is 21.1. The van der Waals surface area contributed by atoms with Crippen LogP contribution in [0.5, 0.6) is 0 Å². The van der Waals surface area contributed by atoms with Crippen LogP contribution >= 0.6 is 35.0 Å². The Morgan fingerprint density at radius 2 is 1.77 bits per heavy atom. The smallest absolute Gasteiger partial charge is 0.266 e. The van der Waals surface area contributed by atoms with Gasteiger partial charge in [0.05, 0.1) is 20.6 Å². The van der Waals surface area contributed by atoms with E-state index in [-0.39, 0.29) is 5.91 Å². The van der Waals surface area contributed by atoms with Gasteiger partial charge in [-0.15, -0.1) is 0 Å². The molecule has 0 bridgehead atoms. The van der Waals surface area contributed by atoms with Crippen LogP contribution in [0.25, 0.3) is 6.08 Å². The van der Waals surface area contributed by atoms with E-state index in [9.17, 15) is 4.79 Å². The second-order valence-electron chi connectivity index (χ2n) is 7.29. The summed E-state index contributed by atoms with van der Waals surface area (Å²) < 4.78 is 0. The highest BCUT2D eigenvalue weighted by Gasteiger charge is 2.32. The van der Waals surface area contributed by atoms with Gasteiger partial charge in [0.1, 0.15) is 0 Å². The van der Waals surface area contributed by atoms with E-state index >= 15 is 0 Å². The van der Waals surface area contributed by atoms with Gasteiger partial charge in [0.25, 0.3) is 5.91 Å². The van der Waals surface area contributed by atoms with Gasteiger partial charge in [-0.25, -0.2) is 4.99 Å². The predicted molar refractivity (Wildman–Crippen MR) is 129 cm³/mol. The normalized spacial score (nSPS) is 19.9. The number of anilines is 1. The number of likely N-dealkylation sites (N-methyl/N-ethyl adjacent to an activating group) is 1. The zero-order valence-electron chi connectivity index (χ0n) is 16.8. The Morgan fingerprint density at radius 1 is 1.03 bits per heavy atom. The third-order valence-corrected chi connectivity index (χ3v) is 6.99. The van der Waals surface area contributed by atoms with Gasteiger partial charge in [0, 0.05) is 25.3 Å². The Bertz CT molecular complexity index is 998. The number of thioether (sulfide) groups is 1. The Morgan fingerprint density at radius 3 is 2.43 bits per heavy atom. The van der Waals surface area contributed by atoms with Crippen LogP contribution in [0.15, 0.2) is 52.4 Å². The quantitative estimate of drug-likeness (QED) is 0.482. The number of carbonyl (C=O) groups excluding carboxylic acids is 1. The molecule has 0 radical (unpaired) electrons. The topological polar surface area (TPSA) is 35.9 Å². The van der Waals surface area contributed by atoms with E-state index in [2.05, 4.69) is 17.0 Å². The number of carbonyl (C=O) groups is 1. The summed E-state index contributed by atoms with van der Waals surface area (Å²) in [5, 5.41) is 1.66. The molecule has 0 aromatic heterocycles. The number of rotatable bonds is 4. The largest absolute Gasteiger partial charge is 0.372 e. The fourth-order valence-corrected chi connectivity index (χ4v) is 4.99. The van der Waals surface area contributed by atoms with E-state index in [0.29, 0.717) is 26.7 Å². The third-order valence-electron chi connectivity index (χ3n) is 5.24. The van der Waals surface area contributed by atoms with E-state index < -0.39 is 0 Å². The van der Waals surface area contributed by atoms with Gasteiger partial charge in [-0.05, 0) is 86.0 Å². The Kier molecular flexibility index (Phi) is 6.71. The van der Waals surface area contributed by atoms with Crippen molar-refractivity contribution in [1.82, 2.24) is 4.90 Å². The van der Waals surface area contributed by atoms with Crippen LogP contribution in [0.1, 0.15) is 31.7 Å². The molecule has 2 aliphatic heterocycles. The zero-order valence-corrected chi connectivity index (χ0v) is 19.1. The first-order valence-electron chi connectivity index (χ1n) is 10.2. The van der Waals surface area contributed by atoms with Crippen molar-refractivity contribution < 1.29 is 4.79 Å². The lowest BCUT2D eigenvalue weighted by molar-refractivity contribution is -0.122. The number of amidine groups is 1. The van der Waals surface area contributed by atoms with Crippen LogP contribution in [0.2, 0.25) is 10.0 Å². The molecule has 0 spiro atoms. The van der Waals surface area contributed by atoms with Crippen molar-refractivity contribution >= 4 is 63.5 Å². The van der Waals surface area contributed by atoms with Crippen molar-refractivity contribution in [3.63, 3.8) is 0 Å². The number of benzene rings is 2. The lowest BCUT2D eigenvalue weighted by atomic mass is 10.1. The average molecular weight is 460 g/mol. The molecule has 30 heavy (non-hydrogen) atoms. The Hall–Kier alpha value is -1.95. The standard InChI is InChI=1S/C23H23Cl2N3OS/c1-2-28-22(29)21(15-16-6-11-19(24)20(25)14-16)30-23(28)26-17-7-9-18(10-8-17)27-12-4-3-5-13-27/h6-11,14-15H,2-5,12-13H2,1H3/b21-15-,26-23?. The molecule has 2 saturated heterocycles. The van der Waals surface area contributed by atoms with Gasteiger partial charge in [-0.2, -0.15) is 0 Å². The van der Waals surface area contributed by atoms with Gasteiger partial charge in [0.15, 0.2) is 5.17 Å². The van der Waals surface area contributed by atoms with E-state index in [1.807, 2.05) is 31.2 Å². The van der Waals surface area contributed by atoms with Crippen LogP contribution in [0.4, 0.5) is 11.4 Å². The molecule has 4 nitrogen and oxygen atoms in total. The molecule has 156 valence electrons. The molecule has 0 atom stereocenters. The van der Waals surface area contributed by atoms with E-state index in [1.165, 1.54) is 36.7 Å². The number of aliphatic imine (C=N–C) groups is 1. The molecule has 7 heteroatoms. The first-order chi connectivity index (χ1) is 14.5. The van der Waals surface area contributed by atoms with Crippen molar-refractivity contribution in [1.29, 1.82) is 0 Å². The summed E-state index contributed by atoms with van der Waals surface area (Å²) in [5.41, 5.74) is 2.92. The molecule has 0 N–H and O–H groups in total. The highest BCUT2D eigenvalue weighted by atomic mass is 35.5. The number of amides is 1. The highest BCUT2D eigenvalue weighted by molar-refractivity contribution is 8.18. The first kappa shape index (κ1) is 21.3. The van der Waals surface area contributed by atoms with Gasteiger partial charge in [-0.3, -0.25) is 9.69 Å². The average Bonchev–Trinajstić information content (AvgIpc) is 3.05. The number of nitrogens with zero attached hydrogens (tertiary/aromatic N) is 3. The van der Waals surface area contributed by atoms with Gasteiger partial charge >= 0.3 is 0 Å².